The van der Waals surface area contributed by atoms with Gasteiger partial charge in [-0.05, 0) is 35.2 Å². The average Bonchev–Trinajstić information content (AvgIpc) is 3.34. The minimum Gasteiger partial charge on any atom is -0.483 e. The molecule has 1 aromatic carbocycles. The summed E-state index contributed by atoms with van der Waals surface area (Å²) in [7, 11) is 3.35. The van der Waals surface area contributed by atoms with Crippen molar-refractivity contribution in [3.63, 3.8) is 0 Å². The summed E-state index contributed by atoms with van der Waals surface area (Å²) in [5, 5.41) is 21.5. The lowest BCUT2D eigenvalue weighted by Gasteiger charge is -2.22. The molecule has 1 amide bonds. The largest absolute Gasteiger partial charge is 0.490 e. The quantitative estimate of drug-likeness (QED) is 0.214. The number of carboxylic acids is 1. The number of aromatic nitrogens is 3. The fourth-order valence-corrected chi connectivity index (χ4v) is 3.15. The Morgan fingerprint density at radius 1 is 1.00 bits per heavy atom. The summed E-state index contributed by atoms with van der Waals surface area (Å²) in [6, 6.07) is 11.4. The van der Waals surface area contributed by atoms with Gasteiger partial charge in [-0.1, -0.05) is 32.9 Å². The van der Waals surface area contributed by atoms with E-state index < -0.39 is 18.8 Å². The van der Waals surface area contributed by atoms with Crippen molar-refractivity contribution in [3.8, 4) is 0 Å². The van der Waals surface area contributed by atoms with Crippen molar-refractivity contribution in [1.82, 2.24) is 14.6 Å². The Balaban J connectivity index is 0.00000116. The van der Waals surface area contributed by atoms with Crippen LogP contribution in [0.2, 0.25) is 0 Å². The third kappa shape index (κ3) is 16.3. The smallest absolute Gasteiger partial charge is 0.483 e. The number of carbonyl (C=O) groups excluding carboxylic acids is 1. The van der Waals surface area contributed by atoms with E-state index in [1.807, 2.05) is 36.4 Å². The van der Waals surface area contributed by atoms with E-state index in [4.69, 9.17) is 29.3 Å². The second-order valence-corrected chi connectivity index (χ2v) is 9.53. The van der Waals surface area contributed by atoms with Crippen LogP contribution in [0, 0.1) is 0 Å². The lowest BCUT2D eigenvalue weighted by Crippen LogP contribution is -2.31. The second-order valence-electron chi connectivity index (χ2n) is 9.53. The molecule has 2 heterocycles. The summed E-state index contributed by atoms with van der Waals surface area (Å²) in [6.07, 6.45) is -3.37. The van der Waals surface area contributed by atoms with Gasteiger partial charge in [0.05, 0.1) is 19.4 Å². The predicted octanol–water partition coefficient (Wildman–Crippen LogP) is 4.89. The molecule has 0 aliphatic heterocycles. The third-order valence-electron chi connectivity index (χ3n) is 5.26. The van der Waals surface area contributed by atoms with Gasteiger partial charge in [0.15, 0.2) is 11.5 Å². The Hall–Kier alpha value is -4.45. The standard InChI is InChI=1S/C23H31N5O3.C2HF3O2.CHF3.CH2O2/c1-23(2,3)18-8-6-17(7-9-18)22(29)25-19-16-28-20(24-19)10-11-21(26-28)27(12-14-30-4)13-15-31-5;3-2(4,5)1(6)7;2-1(3)4;2-1-3/h6-11,16H,12-15H2,1-5H3,(H,25,29);(H,6,7);1H;1H,(H,2,3). The van der Waals surface area contributed by atoms with Gasteiger partial charge in [0.1, 0.15) is 5.82 Å². The van der Waals surface area contributed by atoms with Crippen LogP contribution < -0.4 is 10.2 Å². The first kappa shape index (κ1) is 40.5. The minimum atomic E-state index is -5.08. The van der Waals surface area contributed by atoms with E-state index in [-0.39, 0.29) is 17.8 Å². The normalized spacial score (nSPS) is 10.8. The van der Waals surface area contributed by atoms with E-state index in [9.17, 15) is 31.1 Å². The lowest BCUT2D eigenvalue weighted by atomic mass is 9.87. The van der Waals surface area contributed by atoms with Crippen LogP contribution in [0.15, 0.2) is 42.6 Å². The predicted molar refractivity (Wildman–Crippen MR) is 152 cm³/mol. The molecule has 18 heteroatoms. The number of aliphatic carboxylic acids is 1. The first-order chi connectivity index (χ1) is 20.9. The molecule has 45 heavy (non-hydrogen) atoms. The van der Waals surface area contributed by atoms with Crippen LogP contribution in [0.4, 0.5) is 38.0 Å². The fourth-order valence-electron chi connectivity index (χ4n) is 3.15. The van der Waals surface area contributed by atoms with Crippen LogP contribution in [0.3, 0.4) is 0 Å². The molecular weight excluding hydrogens is 620 g/mol. The second kappa shape index (κ2) is 19.8. The van der Waals surface area contributed by atoms with E-state index in [1.165, 1.54) is 5.56 Å². The Kier molecular flexibility index (Phi) is 17.8. The number of anilines is 2. The van der Waals surface area contributed by atoms with Gasteiger partial charge in [-0.25, -0.2) is 14.3 Å². The number of rotatable bonds is 9. The molecule has 0 aliphatic rings. The zero-order chi connectivity index (χ0) is 34.8. The summed E-state index contributed by atoms with van der Waals surface area (Å²) in [4.78, 5) is 36.4. The maximum absolute atomic E-state index is 12.6. The van der Waals surface area contributed by atoms with Crippen LogP contribution in [-0.2, 0) is 24.5 Å². The summed E-state index contributed by atoms with van der Waals surface area (Å²) in [5.41, 5.74) is 2.46. The van der Waals surface area contributed by atoms with E-state index in [0.717, 1.165) is 5.82 Å². The summed E-state index contributed by atoms with van der Waals surface area (Å²) in [6.45, 7) is 5.08. The van der Waals surface area contributed by atoms with Gasteiger partial charge < -0.3 is 29.9 Å². The number of fused-ring (bicyclic) bond motifs is 1. The SMILES string of the molecule is COCCN(CCOC)c1ccc2nc(NC(=O)c3ccc(C(C)(C)C)cc3)cn2n1.FC(F)F.O=C(O)C(F)(F)F.O=CO. The number of hydrogen-bond acceptors (Lipinski definition) is 8. The number of halogens is 6. The zero-order valence-electron chi connectivity index (χ0n) is 25.0. The highest BCUT2D eigenvalue weighted by Gasteiger charge is 2.38. The van der Waals surface area contributed by atoms with Crippen molar-refractivity contribution in [3.05, 3.63) is 53.7 Å². The maximum atomic E-state index is 12.6. The van der Waals surface area contributed by atoms with Crippen LogP contribution in [-0.4, -0.2) is 96.5 Å². The first-order valence-corrected chi connectivity index (χ1v) is 12.7. The Bertz CT molecular complexity index is 1310. The molecule has 0 saturated heterocycles. The Morgan fingerprint density at radius 2 is 1.47 bits per heavy atom. The molecule has 0 unspecified atom stereocenters. The number of alkyl halides is 6. The molecule has 0 bridgehead atoms. The number of nitrogens with zero attached hydrogens (tertiary/aromatic N) is 4. The molecule has 0 radical (unpaired) electrons. The van der Waals surface area contributed by atoms with Gasteiger partial charge in [-0.3, -0.25) is 9.59 Å². The fraction of sp³-hybridized carbons (Fsp3) is 0.444. The van der Waals surface area contributed by atoms with E-state index in [1.54, 1.807) is 24.9 Å². The van der Waals surface area contributed by atoms with Gasteiger partial charge in [0.2, 0.25) is 0 Å². The van der Waals surface area contributed by atoms with Gasteiger partial charge in [0, 0.05) is 32.9 Å². The van der Waals surface area contributed by atoms with E-state index in [0.29, 0.717) is 43.3 Å². The molecule has 12 nitrogen and oxygen atoms in total. The minimum absolute atomic E-state index is 0.0420. The molecule has 0 spiro atoms. The molecule has 0 saturated carbocycles. The highest BCUT2D eigenvalue weighted by molar-refractivity contribution is 6.03. The molecule has 0 fully saturated rings. The van der Waals surface area contributed by atoms with Gasteiger partial charge in [0.25, 0.3) is 12.4 Å². The third-order valence-corrected chi connectivity index (χ3v) is 5.26. The lowest BCUT2D eigenvalue weighted by molar-refractivity contribution is -0.192. The van der Waals surface area contributed by atoms with Crippen LogP contribution in [0.5, 0.6) is 0 Å². The number of benzene rings is 1. The molecule has 252 valence electrons. The van der Waals surface area contributed by atoms with E-state index >= 15 is 0 Å². The number of ether oxygens (including phenoxy) is 2. The van der Waals surface area contributed by atoms with Gasteiger partial charge in [-0.2, -0.15) is 26.3 Å². The summed E-state index contributed by atoms with van der Waals surface area (Å²) >= 11 is 0. The zero-order valence-corrected chi connectivity index (χ0v) is 25.0. The van der Waals surface area contributed by atoms with Gasteiger partial charge >= 0.3 is 18.8 Å². The van der Waals surface area contributed by atoms with E-state index in [2.05, 4.69) is 41.1 Å². The molecule has 2 aromatic heterocycles. The Morgan fingerprint density at radius 3 is 1.87 bits per heavy atom. The molecule has 0 aliphatic carbocycles. The number of carboxylic acid groups (broad SMARTS) is 2. The molecule has 0 atom stereocenters. The molecule has 3 rings (SSSR count). The van der Waals surface area contributed by atoms with Crippen molar-refractivity contribution in [2.75, 3.05) is 50.7 Å². The van der Waals surface area contributed by atoms with Crippen molar-refractivity contribution in [2.45, 2.75) is 39.0 Å². The monoisotopic (exact) mass is 655 g/mol. The van der Waals surface area contributed by atoms with Crippen LogP contribution in [0.1, 0.15) is 36.7 Å². The van der Waals surface area contributed by atoms with Crippen molar-refractivity contribution >= 4 is 35.6 Å². The highest BCUT2D eigenvalue weighted by atomic mass is 19.4. The number of methoxy groups -OCH3 is 2. The molecular formula is C27H35F6N5O7. The van der Waals surface area contributed by atoms with Gasteiger partial charge in [-0.15, -0.1) is 5.10 Å². The number of imidazole rings is 1. The van der Waals surface area contributed by atoms with Crippen molar-refractivity contribution in [2.24, 2.45) is 0 Å². The number of hydrogen-bond donors (Lipinski definition) is 3. The first-order valence-electron chi connectivity index (χ1n) is 12.7. The van der Waals surface area contributed by atoms with Crippen LogP contribution in [0.25, 0.3) is 5.65 Å². The summed E-state index contributed by atoms with van der Waals surface area (Å²) < 4.78 is 72.8. The Labute approximate surface area is 254 Å². The van der Waals surface area contributed by atoms with Crippen LogP contribution >= 0.6 is 0 Å². The average molecular weight is 656 g/mol. The molecule has 3 N–H and O–H groups in total. The van der Waals surface area contributed by atoms with Crippen molar-refractivity contribution in [1.29, 1.82) is 0 Å². The maximum Gasteiger partial charge on any atom is 0.490 e. The molecule has 3 aromatic rings. The number of amides is 1. The van der Waals surface area contributed by atoms with Crippen molar-refractivity contribution < 1.29 is 60.4 Å². The topological polar surface area (TPSA) is 156 Å². The highest BCUT2D eigenvalue weighted by Crippen LogP contribution is 2.22. The summed E-state index contributed by atoms with van der Waals surface area (Å²) in [5.74, 6) is -1.72. The number of carbonyl (C=O) groups is 3. The number of nitrogens with one attached hydrogen (secondary N) is 1.